The van der Waals surface area contributed by atoms with E-state index in [1.807, 2.05) is 6.20 Å². The van der Waals surface area contributed by atoms with E-state index in [0.29, 0.717) is 12.0 Å². The van der Waals surface area contributed by atoms with Gasteiger partial charge in [-0.3, -0.25) is 4.98 Å². The summed E-state index contributed by atoms with van der Waals surface area (Å²) < 4.78 is 0. The van der Waals surface area contributed by atoms with Crippen LogP contribution < -0.4 is 5.32 Å². The topological polar surface area (TPSA) is 24.9 Å². The third kappa shape index (κ3) is 3.06. The third-order valence-corrected chi connectivity index (χ3v) is 5.42. The molecule has 2 unspecified atom stereocenters. The van der Waals surface area contributed by atoms with Gasteiger partial charge in [0.2, 0.25) is 0 Å². The lowest BCUT2D eigenvalue weighted by atomic mass is 9.85. The second-order valence-corrected chi connectivity index (χ2v) is 6.68. The van der Waals surface area contributed by atoms with Gasteiger partial charge in [-0.05, 0) is 43.9 Å². The Morgan fingerprint density at radius 1 is 1.20 bits per heavy atom. The van der Waals surface area contributed by atoms with Crippen LogP contribution >= 0.6 is 0 Å². The minimum Gasteiger partial charge on any atom is -0.316 e. The highest BCUT2D eigenvalue weighted by molar-refractivity contribution is 5.29. The van der Waals surface area contributed by atoms with Gasteiger partial charge >= 0.3 is 0 Å². The van der Waals surface area contributed by atoms with Gasteiger partial charge in [-0.15, -0.1) is 0 Å². The predicted molar refractivity (Wildman–Crippen MR) is 84.0 cm³/mol. The van der Waals surface area contributed by atoms with Crippen LogP contribution in [0.15, 0.2) is 18.3 Å². The molecule has 2 atom stereocenters. The lowest BCUT2D eigenvalue weighted by molar-refractivity contribution is 0.326. The highest BCUT2D eigenvalue weighted by Crippen LogP contribution is 2.37. The zero-order chi connectivity index (χ0) is 13.8. The minimum atomic E-state index is 0.620. The average Bonchev–Trinajstić information content (AvgIpc) is 2.74. The van der Waals surface area contributed by atoms with Crippen molar-refractivity contribution >= 4 is 0 Å². The Morgan fingerprint density at radius 3 is 2.75 bits per heavy atom. The summed E-state index contributed by atoms with van der Waals surface area (Å²) in [5.74, 6) is 1.57. The van der Waals surface area contributed by atoms with Gasteiger partial charge in [0.1, 0.15) is 0 Å². The van der Waals surface area contributed by atoms with Gasteiger partial charge in [-0.2, -0.15) is 0 Å². The molecule has 110 valence electrons. The van der Waals surface area contributed by atoms with Crippen LogP contribution in [0.5, 0.6) is 0 Å². The van der Waals surface area contributed by atoms with E-state index in [9.17, 15) is 0 Å². The molecule has 2 aliphatic rings. The third-order valence-electron chi connectivity index (χ3n) is 5.42. The largest absolute Gasteiger partial charge is 0.316 e. The lowest BCUT2D eigenvalue weighted by Gasteiger charge is -2.27. The van der Waals surface area contributed by atoms with E-state index in [0.717, 1.165) is 5.92 Å². The number of aromatic nitrogens is 1. The van der Waals surface area contributed by atoms with Crippen molar-refractivity contribution in [2.75, 3.05) is 7.05 Å². The monoisotopic (exact) mass is 272 g/mol. The fourth-order valence-electron chi connectivity index (χ4n) is 4.28. The van der Waals surface area contributed by atoms with Crippen molar-refractivity contribution in [2.24, 2.45) is 5.92 Å². The summed E-state index contributed by atoms with van der Waals surface area (Å²) in [6, 6.07) is 4.97. The Morgan fingerprint density at radius 2 is 2.00 bits per heavy atom. The van der Waals surface area contributed by atoms with Crippen LogP contribution in [0, 0.1) is 5.92 Å². The maximum atomic E-state index is 4.68. The maximum Gasteiger partial charge on any atom is 0.0482 e. The van der Waals surface area contributed by atoms with Gasteiger partial charge < -0.3 is 5.32 Å². The number of pyridine rings is 1. The van der Waals surface area contributed by atoms with Crippen LogP contribution in [-0.2, 0) is 6.42 Å². The summed E-state index contributed by atoms with van der Waals surface area (Å²) in [6.07, 6.45) is 14.5. The number of nitrogens with zero attached hydrogens (tertiary/aromatic N) is 1. The number of nitrogens with one attached hydrogen (secondary N) is 1. The van der Waals surface area contributed by atoms with Crippen molar-refractivity contribution in [1.29, 1.82) is 0 Å². The van der Waals surface area contributed by atoms with Crippen LogP contribution in [0.4, 0.5) is 0 Å². The van der Waals surface area contributed by atoms with E-state index in [4.69, 9.17) is 0 Å². The predicted octanol–water partition coefficient (Wildman–Crippen LogP) is 4.06. The number of aryl methyl sites for hydroxylation is 1. The van der Waals surface area contributed by atoms with E-state index in [2.05, 4.69) is 29.5 Å². The molecule has 1 aromatic rings. The zero-order valence-electron chi connectivity index (χ0n) is 12.8. The van der Waals surface area contributed by atoms with Crippen LogP contribution in [0.25, 0.3) is 0 Å². The molecule has 0 aliphatic heterocycles. The zero-order valence-corrected chi connectivity index (χ0v) is 12.8. The molecule has 1 fully saturated rings. The second-order valence-electron chi connectivity index (χ2n) is 6.68. The van der Waals surface area contributed by atoms with Crippen LogP contribution in [-0.4, -0.2) is 18.1 Å². The first kappa shape index (κ1) is 14.1. The molecule has 0 spiro atoms. The molecule has 0 bridgehead atoms. The Bertz CT molecular complexity index is 421. The van der Waals surface area contributed by atoms with Gasteiger partial charge in [-0.1, -0.05) is 44.6 Å². The van der Waals surface area contributed by atoms with Crippen molar-refractivity contribution in [3.8, 4) is 0 Å². The number of fused-ring (bicyclic) bond motifs is 1. The fourth-order valence-corrected chi connectivity index (χ4v) is 4.28. The standard InChI is InChI=1S/C18H28N2/c1-19-17(13-14-7-4-2-3-5-8-14)16-11-10-15-9-6-12-20-18(15)16/h6,9,12,14,16-17,19H,2-5,7-8,10-11,13H2,1H3. The summed E-state index contributed by atoms with van der Waals surface area (Å²) in [5.41, 5.74) is 2.86. The normalized spacial score (nSPS) is 25.1. The molecule has 0 radical (unpaired) electrons. The van der Waals surface area contributed by atoms with Crippen LogP contribution in [0.2, 0.25) is 0 Å². The molecule has 1 N–H and O–H groups in total. The van der Waals surface area contributed by atoms with Gasteiger partial charge in [0.05, 0.1) is 0 Å². The molecule has 1 saturated carbocycles. The molecule has 20 heavy (non-hydrogen) atoms. The Labute approximate surface area is 123 Å². The van der Waals surface area contributed by atoms with Crippen LogP contribution in [0.1, 0.15) is 68.5 Å². The van der Waals surface area contributed by atoms with E-state index >= 15 is 0 Å². The van der Waals surface area contributed by atoms with Crippen LogP contribution in [0.3, 0.4) is 0 Å². The molecule has 2 aliphatic carbocycles. The second kappa shape index (κ2) is 6.71. The number of hydrogen-bond acceptors (Lipinski definition) is 2. The molecule has 1 aromatic heterocycles. The molecule has 2 heteroatoms. The Hall–Kier alpha value is -0.890. The molecule has 0 amide bonds. The van der Waals surface area contributed by atoms with Crippen molar-refractivity contribution in [3.63, 3.8) is 0 Å². The summed E-state index contributed by atoms with van der Waals surface area (Å²) in [6.45, 7) is 0. The first-order valence-electron chi connectivity index (χ1n) is 8.49. The number of hydrogen-bond donors (Lipinski definition) is 1. The Balaban J connectivity index is 1.68. The van der Waals surface area contributed by atoms with Crippen molar-refractivity contribution in [2.45, 2.75) is 69.7 Å². The molecular weight excluding hydrogens is 244 g/mol. The molecule has 0 aromatic carbocycles. The quantitative estimate of drug-likeness (QED) is 0.836. The average molecular weight is 272 g/mol. The highest BCUT2D eigenvalue weighted by Gasteiger charge is 2.31. The molecule has 0 saturated heterocycles. The maximum absolute atomic E-state index is 4.68. The SMILES string of the molecule is CNC(CC1CCCCCC1)C1CCc2cccnc21. The molecule has 1 heterocycles. The summed E-state index contributed by atoms with van der Waals surface area (Å²) in [4.78, 5) is 4.68. The van der Waals surface area contributed by atoms with Crippen molar-refractivity contribution in [3.05, 3.63) is 29.6 Å². The van der Waals surface area contributed by atoms with Crippen molar-refractivity contribution < 1.29 is 0 Å². The summed E-state index contributed by atoms with van der Waals surface area (Å²) in [5, 5.41) is 3.61. The van der Waals surface area contributed by atoms with E-state index in [1.165, 1.54) is 69.0 Å². The molecule has 2 nitrogen and oxygen atoms in total. The number of rotatable bonds is 4. The van der Waals surface area contributed by atoms with E-state index in [1.54, 1.807) is 0 Å². The summed E-state index contributed by atoms with van der Waals surface area (Å²) >= 11 is 0. The first-order chi connectivity index (χ1) is 9.88. The minimum absolute atomic E-state index is 0.620. The van der Waals surface area contributed by atoms with Crippen molar-refractivity contribution in [1.82, 2.24) is 10.3 Å². The van der Waals surface area contributed by atoms with Gasteiger partial charge in [-0.25, -0.2) is 0 Å². The molecule has 3 rings (SSSR count). The van der Waals surface area contributed by atoms with Gasteiger partial charge in [0, 0.05) is 23.9 Å². The van der Waals surface area contributed by atoms with Gasteiger partial charge in [0.25, 0.3) is 0 Å². The fraction of sp³-hybridized carbons (Fsp3) is 0.722. The lowest BCUT2D eigenvalue weighted by Crippen LogP contribution is -2.33. The first-order valence-corrected chi connectivity index (χ1v) is 8.49. The Kier molecular flexibility index (Phi) is 4.72. The summed E-state index contributed by atoms with van der Waals surface area (Å²) in [7, 11) is 2.14. The molecular formula is C18H28N2. The van der Waals surface area contributed by atoms with Gasteiger partial charge in [0.15, 0.2) is 0 Å². The van der Waals surface area contributed by atoms with E-state index < -0.39 is 0 Å². The smallest absolute Gasteiger partial charge is 0.0482 e. The number of likely N-dealkylation sites (N-methyl/N-ethyl adjacent to an activating group) is 1. The highest BCUT2D eigenvalue weighted by atomic mass is 14.9. The van der Waals surface area contributed by atoms with E-state index in [-0.39, 0.29) is 0 Å².